The summed E-state index contributed by atoms with van der Waals surface area (Å²) in [7, 11) is 0. The monoisotopic (exact) mass is 270 g/mol. The minimum Gasteiger partial charge on any atom is -0.393 e. The van der Waals surface area contributed by atoms with Gasteiger partial charge in [-0.1, -0.05) is 39.0 Å². The molecule has 4 heteroatoms. The second kappa shape index (κ2) is 9.96. The molecular weight excluding hydrogens is 244 g/mol. The zero-order valence-electron chi connectivity index (χ0n) is 12.0. The predicted molar refractivity (Wildman–Crippen MR) is 72.6 cm³/mol. The number of carbonyl (C=O) groups excluding carboxylic acids is 2. The lowest BCUT2D eigenvalue weighted by atomic mass is 10.0. The topological polar surface area (TPSA) is 52.6 Å². The van der Waals surface area contributed by atoms with E-state index in [0.29, 0.717) is 13.0 Å². The largest absolute Gasteiger partial charge is 0.393 e. The van der Waals surface area contributed by atoms with Crippen LogP contribution in [0.3, 0.4) is 0 Å². The Hall–Kier alpha value is -0.900. The fraction of sp³-hybridized carbons (Fsp3) is 0.867. The van der Waals surface area contributed by atoms with Crippen molar-refractivity contribution < 1.29 is 19.1 Å². The summed E-state index contributed by atoms with van der Waals surface area (Å²) in [5.41, 5.74) is 0. The summed E-state index contributed by atoms with van der Waals surface area (Å²) in [5.74, 6) is -0.978. The zero-order chi connectivity index (χ0) is 13.9. The number of cyclic esters (lactones) is 2. The first kappa shape index (κ1) is 16.2. The van der Waals surface area contributed by atoms with Gasteiger partial charge in [0.05, 0.1) is 12.3 Å². The number of esters is 2. The molecule has 110 valence electrons. The lowest BCUT2D eigenvalue weighted by Gasteiger charge is -2.06. The van der Waals surface area contributed by atoms with Crippen molar-refractivity contribution in [3.05, 3.63) is 0 Å². The first-order chi connectivity index (χ1) is 9.24. The molecule has 1 unspecified atom stereocenters. The third-order valence-electron chi connectivity index (χ3n) is 3.44. The number of ether oxygens (including phenoxy) is 2. The lowest BCUT2D eigenvalue weighted by Crippen LogP contribution is -2.08. The molecule has 1 saturated heterocycles. The van der Waals surface area contributed by atoms with Crippen LogP contribution >= 0.6 is 0 Å². The molecule has 0 aromatic rings. The van der Waals surface area contributed by atoms with Crippen molar-refractivity contribution in [2.45, 2.75) is 64.7 Å². The van der Waals surface area contributed by atoms with Crippen molar-refractivity contribution in [2.24, 2.45) is 5.92 Å². The molecule has 0 spiro atoms. The number of carbonyl (C=O) groups is 2. The highest BCUT2D eigenvalue weighted by Gasteiger charge is 2.32. The van der Waals surface area contributed by atoms with E-state index in [1.807, 2.05) is 0 Å². The highest BCUT2D eigenvalue weighted by molar-refractivity contribution is 5.94. The minimum atomic E-state index is -0.386. The van der Waals surface area contributed by atoms with Gasteiger partial charge in [-0.15, -0.1) is 0 Å². The molecule has 1 aliphatic rings. The Bertz CT molecular complexity index is 275. The first-order valence-corrected chi connectivity index (χ1v) is 7.56. The van der Waals surface area contributed by atoms with Gasteiger partial charge in [0, 0.05) is 13.2 Å². The highest BCUT2D eigenvalue weighted by atomic mass is 16.6. The molecule has 1 fully saturated rings. The van der Waals surface area contributed by atoms with Gasteiger partial charge in [-0.2, -0.15) is 0 Å². The number of hydrogen-bond donors (Lipinski definition) is 0. The normalized spacial score (nSPS) is 18.9. The van der Waals surface area contributed by atoms with Gasteiger partial charge in [0.2, 0.25) is 0 Å². The molecule has 0 N–H and O–H groups in total. The average molecular weight is 270 g/mol. The molecule has 0 aromatic carbocycles. The van der Waals surface area contributed by atoms with Gasteiger partial charge in [0.1, 0.15) is 0 Å². The van der Waals surface area contributed by atoms with Crippen molar-refractivity contribution in [1.29, 1.82) is 0 Å². The van der Waals surface area contributed by atoms with E-state index in [4.69, 9.17) is 4.74 Å². The van der Waals surface area contributed by atoms with Gasteiger partial charge < -0.3 is 9.47 Å². The highest BCUT2D eigenvalue weighted by Crippen LogP contribution is 2.20. The van der Waals surface area contributed by atoms with Crippen molar-refractivity contribution >= 4 is 11.9 Å². The summed E-state index contributed by atoms with van der Waals surface area (Å²) in [6.07, 6.45) is 9.36. The Morgan fingerprint density at radius 2 is 1.74 bits per heavy atom. The van der Waals surface area contributed by atoms with Crippen molar-refractivity contribution in [3.63, 3.8) is 0 Å². The number of hydrogen-bond acceptors (Lipinski definition) is 4. The molecule has 0 aromatic heterocycles. The van der Waals surface area contributed by atoms with E-state index in [2.05, 4.69) is 11.7 Å². The maximum atomic E-state index is 11.2. The van der Waals surface area contributed by atoms with Crippen LogP contribution in [0.5, 0.6) is 0 Å². The van der Waals surface area contributed by atoms with E-state index in [-0.39, 0.29) is 24.3 Å². The number of unbranched alkanes of at least 4 members (excludes halogenated alkanes) is 5. The Balaban J connectivity index is 1.84. The van der Waals surface area contributed by atoms with Crippen molar-refractivity contribution in [2.75, 3.05) is 13.2 Å². The van der Waals surface area contributed by atoms with Gasteiger partial charge in [-0.3, -0.25) is 9.59 Å². The van der Waals surface area contributed by atoms with Gasteiger partial charge in [-0.05, 0) is 19.3 Å². The molecule has 1 atom stereocenters. The van der Waals surface area contributed by atoms with Gasteiger partial charge in [0.25, 0.3) is 0 Å². The molecule has 4 nitrogen and oxygen atoms in total. The Morgan fingerprint density at radius 1 is 1.05 bits per heavy atom. The summed E-state index contributed by atoms with van der Waals surface area (Å²) in [5, 5.41) is 0. The van der Waals surface area contributed by atoms with Crippen LogP contribution in [-0.4, -0.2) is 25.2 Å². The SMILES string of the molecule is CCCCCCCCOCCCC1CC(=O)OC1=O. The second-order valence-electron chi connectivity index (χ2n) is 5.22. The maximum absolute atomic E-state index is 11.2. The van der Waals surface area contributed by atoms with E-state index < -0.39 is 0 Å². The molecule has 1 aliphatic heterocycles. The molecule has 1 rings (SSSR count). The molecule has 0 radical (unpaired) electrons. The summed E-state index contributed by atoms with van der Waals surface area (Å²) >= 11 is 0. The van der Waals surface area contributed by atoms with E-state index in [1.165, 1.54) is 32.1 Å². The Labute approximate surface area is 115 Å². The lowest BCUT2D eigenvalue weighted by molar-refractivity contribution is -0.153. The maximum Gasteiger partial charge on any atom is 0.317 e. The smallest absolute Gasteiger partial charge is 0.317 e. The molecule has 19 heavy (non-hydrogen) atoms. The van der Waals surface area contributed by atoms with E-state index in [0.717, 1.165) is 19.4 Å². The van der Waals surface area contributed by atoms with Crippen LogP contribution in [0, 0.1) is 5.92 Å². The van der Waals surface area contributed by atoms with Crippen molar-refractivity contribution in [3.8, 4) is 0 Å². The summed E-state index contributed by atoms with van der Waals surface area (Å²) in [6.45, 7) is 3.70. The van der Waals surface area contributed by atoms with E-state index >= 15 is 0 Å². The average Bonchev–Trinajstić information content (AvgIpc) is 2.70. The minimum absolute atomic E-state index is 0.231. The molecule has 0 saturated carbocycles. The van der Waals surface area contributed by atoms with Gasteiger partial charge in [-0.25, -0.2) is 0 Å². The quantitative estimate of drug-likeness (QED) is 0.328. The Morgan fingerprint density at radius 3 is 2.42 bits per heavy atom. The van der Waals surface area contributed by atoms with Crippen LogP contribution in [0.1, 0.15) is 64.7 Å². The zero-order valence-corrected chi connectivity index (χ0v) is 12.0. The van der Waals surface area contributed by atoms with E-state index in [9.17, 15) is 9.59 Å². The summed E-state index contributed by atoms with van der Waals surface area (Å²) in [6, 6.07) is 0. The van der Waals surface area contributed by atoms with E-state index in [1.54, 1.807) is 0 Å². The van der Waals surface area contributed by atoms with Crippen LogP contribution < -0.4 is 0 Å². The standard InChI is InChI=1S/C15H26O4/c1-2-3-4-5-6-7-10-18-11-8-9-13-12-14(16)19-15(13)17/h13H,2-12H2,1H3. The number of rotatable bonds is 11. The van der Waals surface area contributed by atoms with Gasteiger partial charge in [0.15, 0.2) is 0 Å². The van der Waals surface area contributed by atoms with Crippen LogP contribution in [-0.2, 0) is 19.1 Å². The van der Waals surface area contributed by atoms with Crippen LogP contribution in [0.15, 0.2) is 0 Å². The first-order valence-electron chi connectivity index (χ1n) is 7.56. The third kappa shape index (κ3) is 7.31. The van der Waals surface area contributed by atoms with Crippen LogP contribution in [0.4, 0.5) is 0 Å². The molecule has 0 aliphatic carbocycles. The molecule has 1 heterocycles. The third-order valence-corrected chi connectivity index (χ3v) is 3.44. The summed E-state index contributed by atoms with van der Waals surface area (Å²) < 4.78 is 10.0. The Kier molecular flexibility index (Phi) is 8.47. The fourth-order valence-corrected chi connectivity index (χ4v) is 2.26. The summed E-state index contributed by atoms with van der Waals surface area (Å²) in [4.78, 5) is 22.1. The molecule has 0 bridgehead atoms. The van der Waals surface area contributed by atoms with Crippen LogP contribution in [0.25, 0.3) is 0 Å². The van der Waals surface area contributed by atoms with Crippen molar-refractivity contribution in [1.82, 2.24) is 0 Å². The molecular formula is C15H26O4. The van der Waals surface area contributed by atoms with Crippen LogP contribution in [0.2, 0.25) is 0 Å². The second-order valence-corrected chi connectivity index (χ2v) is 5.22. The predicted octanol–water partition coefficient (Wildman–Crippen LogP) is 3.23. The molecule has 0 amide bonds. The van der Waals surface area contributed by atoms with Gasteiger partial charge >= 0.3 is 11.9 Å². The fourth-order valence-electron chi connectivity index (χ4n) is 2.26.